The number of nitrogens with zero attached hydrogens (tertiary/aromatic N) is 1. The van der Waals surface area contributed by atoms with Crippen molar-refractivity contribution in [3.63, 3.8) is 0 Å². The van der Waals surface area contributed by atoms with Crippen molar-refractivity contribution in [1.29, 1.82) is 0 Å². The van der Waals surface area contributed by atoms with E-state index in [0.29, 0.717) is 0 Å². The average molecular weight is 339 g/mol. The predicted molar refractivity (Wildman–Crippen MR) is 85.9 cm³/mol. The van der Waals surface area contributed by atoms with Gasteiger partial charge < -0.3 is 5.32 Å². The van der Waals surface area contributed by atoms with E-state index in [4.69, 9.17) is 4.98 Å². The summed E-state index contributed by atoms with van der Waals surface area (Å²) < 4.78 is 1.13. The molecule has 2 nitrogen and oxygen atoms in total. The molecule has 0 aliphatic carbocycles. The van der Waals surface area contributed by atoms with Crippen molar-refractivity contribution < 1.29 is 0 Å². The summed E-state index contributed by atoms with van der Waals surface area (Å²) in [6.45, 7) is 7.37. The highest BCUT2D eigenvalue weighted by molar-refractivity contribution is 9.10. The van der Waals surface area contributed by atoms with E-state index in [1.165, 1.54) is 16.1 Å². The molecule has 1 aromatic carbocycles. The summed E-state index contributed by atoms with van der Waals surface area (Å²) in [4.78, 5) is 6.13. The van der Waals surface area contributed by atoms with Crippen LogP contribution in [0.1, 0.15) is 41.0 Å². The lowest BCUT2D eigenvalue weighted by atomic mass is 10.1. The number of rotatable bonds is 5. The number of hydrogen-bond acceptors (Lipinski definition) is 3. The molecule has 19 heavy (non-hydrogen) atoms. The van der Waals surface area contributed by atoms with E-state index >= 15 is 0 Å². The second kappa shape index (κ2) is 6.64. The Morgan fingerprint density at radius 2 is 2.05 bits per heavy atom. The van der Waals surface area contributed by atoms with E-state index in [-0.39, 0.29) is 6.04 Å². The van der Waals surface area contributed by atoms with Crippen LogP contribution in [0.5, 0.6) is 0 Å². The molecule has 0 aliphatic heterocycles. The lowest BCUT2D eigenvalue weighted by Gasteiger charge is -2.17. The Bertz CT molecular complexity index is 551. The van der Waals surface area contributed by atoms with E-state index in [1.807, 2.05) is 6.07 Å². The van der Waals surface area contributed by atoms with Crippen molar-refractivity contribution in [2.45, 2.75) is 33.2 Å². The zero-order chi connectivity index (χ0) is 13.8. The van der Waals surface area contributed by atoms with Gasteiger partial charge in [0.15, 0.2) is 0 Å². The van der Waals surface area contributed by atoms with Gasteiger partial charge in [0.25, 0.3) is 0 Å². The zero-order valence-corrected chi connectivity index (χ0v) is 13.9. The molecule has 0 aliphatic rings. The summed E-state index contributed by atoms with van der Waals surface area (Å²) in [5.41, 5.74) is 2.47. The molecular weight excluding hydrogens is 320 g/mol. The molecule has 1 atom stereocenters. The van der Waals surface area contributed by atoms with Crippen molar-refractivity contribution in [3.05, 3.63) is 49.9 Å². The molecule has 1 N–H and O–H groups in total. The van der Waals surface area contributed by atoms with Gasteiger partial charge in [0, 0.05) is 9.35 Å². The monoisotopic (exact) mass is 338 g/mol. The number of halogens is 1. The first-order valence-corrected chi connectivity index (χ1v) is 8.22. The van der Waals surface area contributed by atoms with E-state index in [2.05, 4.69) is 60.2 Å². The molecule has 0 saturated carbocycles. The molecule has 0 amide bonds. The largest absolute Gasteiger partial charge is 0.305 e. The molecule has 1 aromatic heterocycles. The topological polar surface area (TPSA) is 24.9 Å². The van der Waals surface area contributed by atoms with E-state index in [1.54, 1.807) is 11.3 Å². The molecular formula is C15H19BrN2S. The highest BCUT2D eigenvalue weighted by Crippen LogP contribution is 2.32. The van der Waals surface area contributed by atoms with Crippen LogP contribution in [0.15, 0.2) is 28.7 Å². The Morgan fingerprint density at radius 3 is 2.63 bits per heavy atom. The Balaban J connectivity index is 2.42. The number of hydrogen-bond donors (Lipinski definition) is 1. The smallest absolute Gasteiger partial charge is 0.115 e. The highest BCUT2D eigenvalue weighted by Gasteiger charge is 2.20. The Kier molecular flexibility index (Phi) is 5.13. The SMILES string of the molecule is CCNC(c1nc(CC)c(C)s1)c1ccccc1Br. The minimum Gasteiger partial charge on any atom is -0.305 e. The van der Waals surface area contributed by atoms with Crippen molar-refractivity contribution in [3.8, 4) is 0 Å². The van der Waals surface area contributed by atoms with Gasteiger partial charge >= 0.3 is 0 Å². The zero-order valence-electron chi connectivity index (χ0n) is 11.5. The molecule has 1 heterocycles. The number of thiazole rings is 1. The second-order valence-electron chi connectivity index (χ2n) is 4.42. The van der Waals surface area contributed by atoms with Gasteiger partial charge in [-0.2, -0.15) is 0 Å². The predicted octanol–water partition coefficient (Wildman–Crippen LogP) is 4.48. The first kappa shape index (κ1) is 14.7. The van der Waals surface area contributed by atoms with Gasteiger partial charge in [-0.05, 0) is 31.5 Å². The summed E-state index contributed by atoms with van der Waals surface area (Å²) in [6, 6.07) is 8.53. The quantitative estimate of drug-likeness (QED) is 0.869. The van der Waals surface area contributed by atoms with Crippen LogP contribution >= 0.6 is 27.3 Å². The third-order valence-electron chi connectivity index (χ3n) is 3.12. The van der Waals surface area contributed by atoms with Crippen LogP contribution in [0.2, 0.25) is 0 Å². The standard InChI is InChI=1S/C15H19BrN2S/c1-4-13-10(3)19-15(18-13)14(17-5-2)11-8-6-7-9-12(11)16/h6-9,14,17H,4-5H2,1-3H3. The fourth-order valence-corrected chi connectivity index (χ4v) is 3.76. The van der Waals surface area contributed by atoms with Gasteiger partial charge in [-0.15, -0.1) is 11.3 Å². The van der Waals surface area contributed by atoms with E-state index < -0.39 is 0 Å². The normalized spacial score (nSPS) is 12.6. The summed E-state index contributed by atoms with van der Waals surface area (Å²) in [5.74, 6) is 0. The maximum Gasteiger partial charge on any atom is 0.115 e. The summed E-state index contributed by atoms with van der Waals surface area (Å²) in [5, 5.41) is 4.69. The number of aryl methyl sites for hydroxylation is 2. The fourth-order valence-electron chi connectivity index (χ4n) is 2.15. The van der Waals surface area contributed by atoms with Crippen LogP contribution in [0.25, 0.3) is 0 Å². The van der Waals surface area contributed by atoms with Crippen LogP contribution < -0.4 is 5.32 Å². The van der Waals surface area contributed by atoms with Gasteiger partial charge in [-0.1, -0.05) is 48.0 Å². The molecule has 0 radical (unpaired) electrons. The number of nitrogens with one attached hydrogen (secondary N) is 1. The first-order valence-electron chi connectivity index (χ1n) is 6.61. The van der Waals surface area contributed by atoms with E-state index in [0.717, 1.165) is 22.4 Å². The third-order valence-corrected chi connectivity index (χ3v) is 4.92. The Labute approximate surface area is 127 Å². The van der Waals surface area contributed by atoms with Crippen molar-refractivity contribution >= 4 is 27.3 Å². The van der Waals surface area contributed by atoms with Gasteiger partial charge in [0.2, 0.25) is 0 Å². The molecule has 2 rings (SSSR count). The Hall–Kier alpha value is -0.710. The van der Waals surface area contributed by atoms with Crippen LogP contribution in [0.4, 0.5) is 0 Å². The summed E-state index contributed by atoms with van der Waals surface area (Å²) in [6.07, 6.45) is 0.997. The highest BCUT2D eigenvalue weighted by atomic mass is 79.9. The van der Waals surface area contributed by atoms with Gasteiger partial charge in [0.1, 0.15) is 5.01 Å². The molecule has 0 saturated heterocycles. The lowest BCUT2D eigenvalue weighted by molar-refractivity contribution is 0.623. The molecule has 4 heteroatoms. The first-order chi connectivity index (χ1) is 9.17. The Morgan fingerprint density at radius 1 is 1.32 bits per heavy atom. The van der Waals surface area contributed by atoms with Gasteiger partial charge in [-0.3, -0.25) is 0 Å². The van der Waals surface area contributed by atoms with Gasteiger partial charge in [0.05, 0.1) is 11.7 Å². The molecule has 102 valence electrons. The molecule has 1 unspecified atom stereocenters. The minimum absolute atomic E-state index is 0.171. The van der Waals surface area contributed by atoms with Crippen molar-refractivity contribution in [1.82, 2.24) is 10.3 Å². The lowest BCUT2D eigenvalue weighted by Crippen LogP contribution is -2.22. The molecule has 0 bridgehead atoms. The minimum atomic E-state index is 0.171. The fraction of sp³-hybridized carbons (Fsp3) is 0.400. The average Bonchev–Trinajstić information content (AvgIpc) is 2.78. The second-order valence-corrected chi connectivity index (χ2v) is 6.51. The van der Waals surface area contributed by atoms with Crippen LogP contribution in [-0.2, 0) is 6.42 Å². The van der Waals surface area contributed by atoms with Crippen molar-refractivity contribution in [2.75, 3.05) is 6.54 Å². The van der Waals surface area contributed by atoms with Crippen LogP contribution in [-0.4, -0.2) is 11.5 Å². The summed E-state index contributed by atoms with van der Waals surface area (Å²) in [7, 11) is 0. The molecule has 0 fully saturated rings. The summed E-state index contributed by atoms with van der Waals surface area (Å²) >= 11 is 5.44. The molecule has 0 spiro atoms. The third kappa shape index (κ3) is 3.25. The maximum atomic E-state index is 4.80. The number of benzene rings is 1. The maximum absolute atomic E-state index is 4.80. The van der Waals surface area contributed by atoms with Crippen molar-refractivity contribution in [2.24, 2.45) is 0 Å². The number of aromatic nitrogens is 1. The van der Waals surface area contributed by atoms with Crippen LogP contribution in [0, 0.1) is 6.92 Å². The van der Waals surface area contributed by atoms with E-state index in [9.17, 15) is 0 Å². The van der Waals surface area contributed by atoms with Crippen LogP contribution in [0.3, 0.4) is 0 Å². The molecule has 2 aromatic rings. The van der Waals surface area contributed by atoms with Gasteiger partial charge in [-0.25, -0.2) is 4.98 Å².